The van der Waals surface area contributed by atoms with E-state index in [-0.39, 0.29) is 22.7 Å². The van der Waals surface area contributed by atoms with Gasteiger partial charge in [-0.1, -0.05) is 11.8 Å². The zero-order chi connectivity index (χ0) is 15.5. The number of rotatable bonds is 3. The van der Waals surface area contributed by atoms with Crippen molar-refractivity contribution in [2.75, 3.05) is 11.3 Å². The highest BCUT2D eigenvalue weighted by molar-refractivity contribution is 7.92. The van der Waals surface area contributed by atoms with Gasteiger partial charge in [0.05, 0.1) is 24.0 Å². The average molecular weight is 308 g/mol. The highest BCUT2D eigenvalue weighted by atomic mass is 32.2. The first kappa shape index (κ1) is 15.0. The molecule has 0 saturated carbocycles. The number of benzene rings is 1. The van der Waals surface area contributed by atoms with E-state index in [1.54, 1.807) is 7.05 Å². The summed E-state index contributed by atoms with van der Waals surface area (Å²) in [5.41, 5.74) is 5.51. The minimum atomic E-state index is -3.77. The Labute approximate surface area is 121 Å². The molecule has 0 aliphatic carbocycles. The maximum Gasteiger partial charge on any atom is 0.265 e. The molecule has 0 amide bonds. The third-order valence-corrected chi connectivity index (χ3v) is 3.87. The fourth-order valence-electron chi connectivity index (χ4n) is 1.58. The second-order valence-electron chi connectivity index (χ2n) is 4.16. The van der Waals surface area contributed by atoms with E-state index in [2.05, 4.69) is 21.7 Å². The van der Waals surface area contributed by atoms with Crippen molar-refractivity contribution in [3.63, 3.8) is 0 Å². The number of hydrogen-bond acceptors (Lipinski definition) is 4. The summed E-state index contributed by atoms with van der Waals surface area (Å²) < 4.78 is 41.5. The first-order chi connectivity index (χ1) is 9.92. The van der Waals surface area contributed by atoms with E-state index in [0.29, 0.717) is 0 Å². The largest absolute Gasteiger partial charge is 0.320 e. The second-order valence-corrected chi connectivity index (χ2v) is 5.84. The van der Waals surface area contributed by atoms with Gasteiger partial charge in [0.25, 0.3) is 10.0 Å². The molecule has 0 spiro atoms. The Morgan fingerprint density at radius 2 is 2.24 bits per heavy atom. The molecule has 0 aliphatic heterocycles. The molecule has 0 bridgehead atoms. The third-order valence-electron chi connectivity index (χ3n) is 2.54. The van der Waals surface area contributed by atoms with E-state index in [4.69, 9.17) is 5.73 Å². The van der Waals surface area contributed by atoms with Crippen molar-refractivity contribution < 1.29 is 12.8 Å². The summed E-state index contributed by atoms with van der Waals surface area (Å²) in [5, 5.41) is 3.80. The van der Waals surface area contributed by atoms with E-state index in [1.165, 1.54) is 29.2 Å². The summed E-state index contributed by atoms with van der Waals surface area (Å²) in [6.45, 7) is 0.0884. The molecule has 8 heteroatoms. The molecule has 110 valence electrons. The standard InChI is InChI=1S/C13H13FN4O2S/c1-18-9-12(8-16-18)21(19,20)17-11-4-5-13(14)10(7-11)3-2-6-15/h4-5,7-9,17H,6,15H2,1H3. The lowest BCUT2D eigenvalue weighted by molar-refractivity contribution is 0.600. The minimum Gasteiger partial charge on any atom is -0.320 e. The summed E-state index contributed by atoms with van der Waals surface area (Å²) >= 11 is 0. The van der Waals surface area contributed by atoms with Gasteiger partial charge in [0, 0.05) is 13.2 Å². The number of nitrogens with zero attached hydrogens (tertiary/aromatic N) is 2. The molecule has 6 nitrogen and oxygen atoms in total. The van der Waals surface area contributed by atoms with Gasteiger partial charge < -0.3 is 5.73 Å². The monoisotopic (exact) mass is 308 g/mol. The molecule has 0 saturated heterocycles. The molecule has 2 aromatic rings. The van der Waals surface area contributed by atoms with E-state index in [0.717, 1.165) is 6.07 Å². The maximum atomic E-state index is 13.5. The van der Waals surface area contributed by atoms with Gasteiger partial charge in [-0.25, -0.2) is 12.8 Å². The van der Waals surface area contributed by atoms with Crippen molar-refractivity contribution in [3.8, 4) is 11.8 Å². The highest BCUT2D eigenvalue weighted by Gasteiger charge is 2.16. The Morgan fingerprint density at radius 3 is 2.86 bits per heavy atom. The Kier molecular flexibility index (Phi) is 4.26. The molecule has 0 radical (unpaired) electrons. The van der Waals surface area contributed by atoms with Crippen LogP contribution in [0.15, 0.2) is 35.5 Å². The lowest BCUT2D eigenvalue weighted by Crippen LogP contribution is -2.12. The average Bonchev–Trinajstić information content (AvgIpc) is 2.86. The van der Waals surface area contributed by atoms with Crippen LogP contribution >= 0.6 is 0 Å². The molecule has 0 aliphatic rings. The molecule has 3 N–H and O–H groups in total. The Bertz CT molecular complexity index is 818. The molecule has 2 rings (SSSR count). The van der Waals surface area contributed by atoms with Crippen LogP contribution in [0.5, 0.6) is 0 Å². The fraction of sp³-hybridized carbons (Fsp3) is 0.154. The zero-order valence-corrected chi connectivity index (χ0v) is 12.0. The minimum absolute atomic E-state index is 0.0175. The Balaban J connectivity index is 2.31. The second kappa shape index (κ2) is 5.95. The summed E-state index contributed by atoms with van der Waals surface area (Å²) in [5.74, 6) is 4.52. The number of nitrogens with one attached hydrogen (secondary N) is 1. The van der Waals surface area contributed by atoms with Crippen LogP contribution in [0.1, 0.15) is 5.56 Å². The van der Waals surface area contributed by atoms with Gasteiger partial charge in [0.2, 0.25) is 0 Å². The molecule has 0 fully saturated rings. The van der Waals surface area contributed by atoms with Crippen LogP contribution in [0, 0.1) is 17.7 Å². The molecule has 1 heterocycles. The van der Waals surface area contributed by atoms with Crippen molar-refractivity contribution >= 4 is 15.7 Å². The zero-order valence-electron chi connectivity index (χ0n) is 11.2. The van der Waals surface area contributed by atoms with Gasteiger partial charge in [0.1, 0.15) is 10.7 Å². The molecular formula is C13H13FN4O2S. The predicted octanol–water partition coefficient (Wildman–Crippen LogP) is 0.670. The number of nitrogens with two attached hydrogens (primary N) is 1. The van der Waals surface area contributed by atoms with Crippen LogP contribution in [0.4, 0.5) is 10.1 Å². The third kappa shape index (κ3) is 3.59. The quantitative estimate of drug-likeness (QED) is 0.816. The van der Waals surface area contributed by atoms with Crippen molar-refractivity contribution in [2.24, 2.45) is 12.8 Å². The lowest BCUT2D eigenvalue weighted by atomic mass is 10.2. The molecule has 1 aromatic carbocycles. The molecule has 0 unspecified atom stereocenters. The van der Waals surface area contributed by atoms with Gasteiger partial charge in [-0.05, 0) is 18.2 Å². The summed E-state index contributed by atoms with van der Waals surface area (Å²) in [6, 6.07) is 3.77. The van der Waals surface area contributed by atoms with E-state index >= 15 is 0 Å². The van der Waals surface area contributed by atoms with Gasteiger partial charge in [-0.15, -0.1) is 0 Å². The SMILES string of the molecule is Cn1cc(S(=O)(=O)Nc2ccc(F)c(C#CCN)c2)cn1. The molecule has 21 heavy (non-hydrogen) atoms. The van der Waals surface area contributed by atoms with Crippen molar-refractivity contribution in [1.82, 2.24) is 9.78 Å². The topological polar surface area (TPSA) is 90.0 Å². The van der Waals surface area contributed by atoms with Crippen LogP contribution in [-0.2, 0) is 17.1 Å². The Morgan fingerprint density at radius 1 is 1.48 bits per heavy atom. The van der Waals surface area contributed by atoms with E-state index in [9.17, 15) is 12.8 Å². The number of aryl methyl sites for hydroxylation is 1. The van der Waals surface area contributed by atoms with Gasteiger partial charge in [0.15, 0.2) is 0 Å². The first-order valence-corrected chi connectivity index (χ1v) is 7.40. The van der Waals surface area contributed by atoms with Crippen LogP contribution in [-0.4, -0.2) is 24.7 Å². The van der Waals surface area contributed by atoms with Crippen LogP contribution in [0.3, 0.4) is 0 Å². The lowest BCUT2D eigenvalue weighted by Gasteiger charge is -2.07. The number of anilines is 1. The van der Waals surface area contributed by atoms with E-state index in [1.807, 2.05) is 0 Å². The van der Waals surface area contributed by atoms with Crippen LogP contribution < -0.4 is 10.5 Å². The van der Waals surface area contributed by atoms with Gasteiger partial charge in [-0.2, -0.15) is 5.10 Å². The summed E-state index contributed by atoms with van der Waals surface area (Å²) in [6.07, 6.45) is 2.59. The number of sulfonamides is 1. The molecular weight excluding hydrogens is 295 g/mol. The first-order valence-electron chi connectivity index (χ1n) is 5.92. The fourth-order valence-corrected chi connectivity index (χ4v) is 2.61. The highest BCUT2D eigenvalue weighted by Crippen LogP contribution is 2.18. The summed E-state index contributed by atoms with van der Waals surface area (Å²) in [4.78, 5) is 0.0175. The van der Waals surface area contributed by atoms with Crippen LogP contribution in [0.25, 0.3) is 0 Å². The normalized spacial score (nSPS) is 10.8. The number of hydrogen-bond donors (Lipinski definition) is 2. The van der Waals surface area contributed by atoms with Gasteiger partial charge in [-0.3, -0.25) is 9.40 Å². The van der Waals surface area contributed by atoms with E-state index < -0.39 is 15.8 Å². The van der Waals surface area contributed by atoms with Crippen molar-refractivity contribution in [2.45, 2.75) is 4.90 Å². The van der Waals surface area contributed by atoms with Crippen LogP contribution in [0.2, 0.25) is 0 Å². The Hall–Kier alpha value is -2.37. The number of aromatic nitrogens is 2. The van der Waals surface area contributed by atoms with Gasteiger partial charge >= 0.3 is 0 Å². The maximum absolute atomic E-state index is 13.5. The number of halogens is 1. The molecule has 1 aromatic heterocycles. The summed E-state index contributed by atoms with van der Waals surface area (Å²) in [7, 11) is -2.16. The predicted molar refractivity (Wildman–Crippen MR) is 76.3 cm³/mol. The van der Waals surface area contributed by atoms with Crippen molar-refractivity contribution in [1.29, 1.82) is 0 Å². The van der Waals surface area contributed by atoms with Crippen molar-refractivity contribution in [3.05, 3.63) is 42.0 Å². The molecule has 0 atom stereocenters. The smallest absolute Gasteiger partial charge is 0.265 e.